The molecule has 2 heterocycles. The van der Waals surface area contributed by atoms with Crippen molar-refractivity contribution in [2.75, 3.05) is 39.4 Å². The number of ether oxygens (including phenoxy) is 2. The summed E-state index contributed by atoms with van der Waals surface area (Å²) in [7, 11) is 0. The predicted molar refractivity (Wildman–Crippen MR) is 127 cm³/mol. The Bertz CT molecular complexity index is 826. The molecular weight excluding hydrogens is 435 g/mol. The molecule has 3 aliphatic carbocycles. The fourth-order valence-electron chi connectivity index (χ4n) is 5.54. The van der Waals surface area contributed by atoms with Crippen LogP contribution in [-0.2, 0) is 14.3 Å². The van der Waals surface area contributed by atoms with Gasteiger partial charge in [-0.1, -0.05) is 13.0 Å². The lowest BCUT2D eigenvalue weighted by atomic mass is 9.90. The number of nitrogens with zero attached hydrogens (tertiary/aromatic N) is 2. The molecule has 0 bridgehead atoms. The van der Waals surface area contributed by atoms with Gasteiger partial charge >= 0.3 is 6.09 Å². The number of rotatable bonds is 9. The zero-order valence-electron chi connectivity index (χ0n) is 20.4. The molecule has 0 aromatic heterocycles. The van der Waals surface area contributed by atoms with Gasteiger partial charge in [0.25, 0.3) is 0 Å². The van der Waals surface area contributed by atoms with Crippen LogP contribution in [0.1, 0.15) is 58.3 Å². The fourth-order valence-corrected chi connectivity index (χ4v) is 5.54. The van der Waals surface area contributed by atoms with E-state index in [1.54, 1.807) is 11.0 Å². The highest BCUT2D eigenvalue weighted by Gasteiger charge is 2.44. The summed E-state index contributed by atoms with van der Waals surface area (Å²) in [6, 6.07) is 0. The summed E-state index contributed by atoms with van der Waals surface area (Å²) >= 11 is 0. The van der Waals surface area contributed by atoms with E-state index in [-0.39, 0.29) is 29.8 Å². The third-order valence-corrected chi connectivity index (χ3v) is 8.64. The van der Waals surface area contributed by atoms with Gasteiger partial charge in [0.2, 0.25) is 5.91 Å². The number of alkyl halides is 1. The van der Waals surface area contributed by atoms with Gasteiger partial charge in [0, 0.05) is 43.9 Å². The lowest BCUT2D eigenvalue weighted by Gasteiger charge is -2.32. The van der Waals surface area contributed by atoms with Crippen molar-refractivity contribution in [3.63, 3.8) is 0 Å². The number of amides is 2. The molecule has 2 unspecified atom stereocenters. The summed E-state index contributed by atoms with van der Waals surface area (Å²) in [6.45, 7) is 6.56. The van der Waals surface area contributed by atoms with Crippen LogP contribution >= 0.6 is 0 Å². The van der Waals surface area contributed by atoms with E-state index in [1.807, 2.05) is 11.0 Å². The number of carbonyl (C=O) groups excluding carboxylic acids is 2. The second kappa shape index (κ2) is 9.90. The lowest BCUT2D eigenvalue weighted by Crippen LogP contribution is -2.43. The summed E-state index contributed by atoms with van der Waals surface area (Å²) in [4.78, 5) is 28.1. The van der Waals surface area contributed by atoms with Gasteiger partial charge in [0.1, 0.15) is 11.9 Å². The number of carbonyl (C=O) groups is 2. The summed E-state index contributed by atoms with van der Waals surface area (Å²) in [5.74, 6) is 2.35. The van der Waals surface area contributed by atoms with E-state index in [2.05, 4.69) is 6.92 Å². The maximum Gasteiger partial charge on any atom is 0.409 e. The summed E-state index contributed by atoms with van der Waals surface area (Å²) in [5, 5.41) is 0. The molecule has 188 valence electrons. The Labute approximate surface area is 202 Å². The highest BCUT2D eigenvalue weighted by molar-refractivity contribution is 5.77. The maximum absolute atomic E-state index is 14.5. The fraction of sp³-hybridized carbons (Fsp3) is 0.778. The molecule has 2 amide bonds. The van der Waals surface area contributed by atoms with Crippen molar-refractivity contribution in [1.82, 2.24) is 9.80 Å². The molecule has 5 rings (SSSR count). The highest BCUT2D eigenvalue weighted by Crippen LogP contribution is 2.50. The van der Waals surface area contributed by atoms with Gasteiger partial charge in [-0.25, -0.2) is 9.18 Å². The Hall–Kier alpha value is -2.05. The van der Waals surface area contributed by atoms with Crippen molar-refractivity contribution >= 4 is 12.0 Å². The minimum absolute atomic E-state index is 0.0522. The monoisotopic (exact) mass is 474 g/mol. The molecule has 2 saturated carbocycles. The van der Waals surface area contributed by atoms with Crippen LogP contribution in [0.5, 0.6) is 0 Å². The Morgan fingerprint density at radius 2 is 1.91 bits per heavy atom. The van der Waals surface area contributed by atoms with E-state index >= 15 is 0 Å². The molecule has 0 spiro atoms. The average molecular weight is 475 g/mol. The molecule has 0 aromatic carbocycles. The predicted octanol–water partition coefficient (Wildman–Crippen LogP) is 4.71. The van der Waals surface area contributed by atoms with Crippen LogP contribution in [0.3, 0.4) is 0 Å². The van der Waals surface area contributed by atoms with Crippen LogP contribution in [0.2, 0.25) is 0 Å². The molecule has 0 aromatic rings. The van der Waals surface area contributed by atoms with Gasteiger partial charge < -0.3 is 19.3 Å². The lowest BCUT2D eigenvalue weighted by molar-refractivity contribution is -0.135. The normalized spacial score (nSPS) is 32.0. The van der Waals surface area contributed by atoms with E-state index in [0.717, 1.165) is 70.6 Å². The van der Waals surface area contributed by atoms with Crippen molar-refractivity contribution in [3.8, 4) is 0 Å². The third kappa shape index (κ3) is 5.77. The smallest absolute Gasteiger partial charge is 0.409 e. The first-order chi connectivity index (χ1) is 16.4. The van der Waals surface area contributed by atoms with Crippen molar-refractivity contribution in [1.29, 1.82) is 0 Å². The summed E-state index contributed by atoms with van der Waals surface area (Å²) in [6.07, 6.45) is 11.8. The van der Waals surface area contributed by atoms with Gasteiger partial charge in [-0.05, 0) is 74.9 Å². The molecular formula is C27H39FN2O4. The van der Waals surface area contributed by atoms with Crippen LogP contribution in [-0.4, -0.2) is 67.4 Å². The second-order valence-corrected chi connectivity index (χ2v) is 11.5. The van der Waals surface area contributed by atoms with Crippen LogP contribution in [0, 0.1) is 29.1 Å². The van der Waals surface area contributed by atoms with Crippen LogP contribution in [0.4, 0.5) is 9.18 Å². The summed E-state index contributed by atoms with van der Waals surface area (Å²) < 4.78 is 25.9. The van der Waals surface area contributed by atoms with E-state index in [0.29, 0.717) is 30.8 Å². The Balaban J connectivity index is 0.957. The van der Waals surface area contributed by atoms with Gasteiger partial charge in [-0.3, -0.25) is 4.79 Å². The third-order valence-electron chi connectivity index (χ3n) is 8.64. The molecule has 6 nitrogen and oxygen atoms in total. The average Bonchev–Trinajstić information content (AvgIpc) is 3.71. The molecule has 2 saturated heterocycles. The van der Waals surface area contributed by atoms with Gasteiger partial charge in [-0.15, -0.1) is 0 Å². The number of likely N-dealkylation sites (tertiary alicyclic amines) is 2. The zero-order valence-corrected chi connectivity index (χ0v) is 20.4. The van der Waals surface area contributed by atoms with Crippen molar-refractivity contribution in [2.45, 2.75) is 64.5 Å². The number of piperidine rings is 1. The first-order valence-electron chi connectivity index (χ1n) is 13.3. The Morgan fingerprint density at radius 1 is 1.15 bits per heavy atom. The van der Waals surface area contributed by atoms with Crippen LogP contribution < -0.4 is 0 Å². The van der Waals surface area contributed by atoms with Crippen molar-refractivity contribution in [3.05, 3.63) is 24.0 Å². The molecule has 4 fully saturated rings. The first kappa shape index (κ1) is 23.7. The standard InChI is InChI=1S/C27H39FN2O4/c1-27(8-9-27)18-34-26(32)30-12-5-19(6-13-30)23-15-20(23)7-14-33-22-4-3-21(24(28)17-22)16-25(31)29-10-2-11-29/h3-4,17,19-21,23-24H,2,5-16,18H2,1H3/t20-,21?,23-,24?/m1/s1. The minimum atomic E-state index is -1.16. The molecule has 2 aliphatic heterocycles. The van der Waals surface area contributed by atoms with E-state index in [9.17, 15) is 14.0 Å². The second-order valence-electron chi connectivity index (χ2n) is 11.5. The Morgan fingerprint density at radius 3 is 2.56 bits per heavy atom. The van der Waals surface area contributed by atoms with Gasteiger partial charge in [0.15, 0.2) is 0 Å². The quantitative estimate of drug-likeness (QED) is 0.486. The largest absolute Gasteiger partial charge is 0.494 e. The summed E-state index contributed by atoms with van der Waals surface area (Å²) in [5.41, 5.74) is 0.237. The van der Waals surface area contributed by atoms with E-state index in [4.69, 9.17) is 9.47 Å². The van der Waals surface area contributed by atoms with Crippen LogP contribution in [0.15, 0.2) is 24.0 Å². The van der Waals surface area contributed by atoms with Crippen molar-refractivity contribution in [2.24, 2.45) is 29.1 Å². The first-order valence-corrected chi connectivity index (χ1v) is 13.3. The molecule has 0 radical (unpaired) electrons. The molecule has 7 heteroatoms. The van der Waals surface area contributed by atoms with Crippen molar-refractivity contribution < 1.29 is 23.5 Å². The van der Waals surface area contributed by atoms with E-state index in [1.165, 1.54) is 12.5 Å². The number of halogens is 1. The minimum Gasteiger partial charge on any atom is -0.494 e. The molecule has 34 heavy (non-hydrogen) atoms. The van der Waals surface area contributed by atoms with Gasteiger partial charge in [0.05, 0.1) is 13.2 Å². The van der Waals surface area contributed by atoms with Crippen LogP contribution in [0.25, 0.3) is 0 Å². The Kier molecular flexibility index (Phi) is 6.90. The number of hydrogen-bond acceptors (Lipinski definition) is 4. The topological polar surface area (TPSA) is 59.1 Å². The molecule has 5 aliphatic rings. The van der Waals surface area contributed by atoms with E-state index < -0.39 is 6.17 Å². The zero-order chi connectivity index (χ0) is 23.7. The maximum atomic E-state index is 14.5. The SMILES string of the molecule is CC1(COC(=O)N2CCC([C@H]3C[C@H]3CCOC3=CC(F)C(CC(=O)N4CCC4)C=C3)CC2)CC1. The number of allylic oxidation sites excluding steroid dienone is 3. The highest BCUT2D eigenvalue weighted by atomic mass is 19.1. The molecule has 4 atom stereocenters. The molecule has 0 N–H and O–H groups in total. The van der Waals surface area contributed by atoms with Gasteiger partial charge in [-0.2, -0.15) is 0 Å². The number of hydrogen-bond donors (Lipinski definition) is 0.